The normalized spacial score (nSPS) is 23.2. The number of ketones is 1. The molecule has 1 N–H and O–H groups in total. The van der Waals surface area contributed by atoms with E-state index >= 15 is 0 Å². The fourth-order valence-electron chi connectivity index (χ4n) is 4.00. The number of hydrogen-bond acceptors (Lipinski definition) is 5. The fourth-order valence-corrected chi connectivity index (χ4v) is 4.00. The molecule has 156 valence electrons. The van der Waals surface area contributed by atoms with Crippen LogP contribution in [0.1, 0.15) is 30.0 Å². The van der Waals surface area contributed by atoms with E-state index in [0.29, 0.717) is 17.9 Å². The Hall–Kier alpha value is -3.19. The second-order valence-corrected chi connectivity index (χ2v) is 7.34. The van der Waals surface area contributed by atoms with Gasteiger partial charge in [0.2, 0.25) is 0 Å². The molecule has 2 aliphatic heterocycles. The third kappa shape index (κ3) is 3.57. The van der Waals surface area contributed by atoms with Crippen molar-refractivity contribution in [2.75, 3.05) is 20.3 Å². The molecule has 2 fully saturated rings. The lowest BCUT2D eigenvalue weighted by atomic mass is 9.94. The number of hydrogen-bond donors (Lipinski definition) is 1. The van der Waals surface area contributed by atoms with Crippen molar-refractivity contribution in [3.63, 3.8) is 0 Å². The molecule has 30 heavy (non-hydrogen) atoms. The van der Waals surface area contributed by atoms with Crippen molar-refractivity contribution in [2.45, 2.75) is 25.0 Å². The molecule has 2 aliphatic rings. The molecule has 0 unspecified atom stereocenters. The highest BCUT2D eigenvalue weighted by atomic mass is 19.1. The van der Waals surface area contributed by atoms with Crippen molar-refractivity contribution in [1.82, 2.24) is 4.90 Å². The molecule has 0 saturated carbocycles. The summed E-state index contributed by atoms with van der Waals surface area (Å²) >= 11 is 0. The highest BCUT2D eigenvalue weighted by Gasteiger charge is 2.47. The monoisotopic (exact) mass is 411 g/mol. The van der Waals surface area contributed by atoms with Crippen molar-refractivity contribution >= 4 is 17.4 Å². The highest BCUT2D eigenvalue weighted by molar-refractivity contribution is 6.46. The van der Waals surface area contributed by atoms with Gasteiger partial charge in [0.25, 0.3) is 11.7 Å². The molecule has 0 aromatic heterocycles. The van der Waals surface area contributed by atoms with Crippen LogP contribution in [0.3, 0.4) is 0 Å². The van der Waals surface area contributed by atoms with Crippen molar-refractivity contribution in [2.24, 2.45) is 0 Å². The molecule has 2 aromatic rings. The third-order valence-electron chi connectivity index (χ3n) is 5.53. The molecule has 2 heterocycles. The van der Waals surface area contributed by atoms with Gasteiger partial charge < -0.3 is 19.5 Å². The van der Waals surface area contributed by atoms with Crippen LogP contribution in [0.4, 0.5) is 4.39 Å². The quantitative estimate of drug-likeness (QED) is 0.463. The molecule has 0 radical (unpaired) electrons. The van der Waals surface area contributed by atoms with Crippen LogP contribution in [0.15, 0.2) is 54.1 Å². The molecule has 2 atom stereocenters. The van der Waals surface area contributed by atoms with E-state index in [0.717, 1.165) is 12.8 Å². The average Bonchev–Trinajstić information content (AvgIpc) is 3.36. The Kier molecular flexibility index (Phi) is 5.55. The predicted octanol–water partition coefficient (Wildman–Crippen LogP) is 3.44. The Morgan fingerprint density at radius 3 is 2.57 bits per heavy atom. The first-order valence-corrected chi connectivity index (χ1v) is 9.80. The van der Waals surface area contributed by atoms with E-state index in [1.54, 1.807) is 30.3 Å². The van der Waals surface area contributed by atoms with Gasteiger partial charge >= 0.3 is 0 Å². The van der Waals surface area contributed by atoms with Crippen molar-refractivity contribution in [3.05, 3.63) is 71.0 Å². The molecule has 2 saturated heterocycles. The summed E-state index contributed by atoms with van der Waals surface area (Å²) in [5.74, 6) is -1.93. The Morgan fingerprint density at radius 1 is 1.20 bits per heavy atom. The molecule has 7 heteroatoms. The number of amides is 1. The molecule has 0 spiro atoms. The van der Waals surface area contributed by atoms with Gasteiger partial charge in [-0.2, -0.15) is 0 Å². The van der Waals surface area contributed by atoms with E-state index in [-0.39, 0.29) is 29.5 Å². The minimum Gasteiger partial charge on any atom is -0.507 e. The van der Waals surface area contributed by atoms with Crippen molar-refractivity contribution in [3.8, 4) is 5.75 Å². The van der Waals surface area contributed by atoms with E-state index in [1.807, 2.05) is 0 Å². The Labute approximate surface area is 173 Å². The zero-order valence-corrected chi connectivity index (χ0v) is 16.5. The van der Waals surface area contributed by atoms with Gasteiger partial charge in [0.05, 0.1) is 24.8 Å². The largest absolute Gasteiger partial charge is 0.507 e. The third-order valence-corrected chi connectivity index (χ3v) is 5.53. The number of ether oxygens (including phenoxy) is 2. The predicted molar refractivity (Wildman–Crippen MR) is 107 cm³/mol. The highest BCUT2D eigenvalue weighted by Crippen LogP contribution is 2.41. The van der Waals surface area contributed by atoms with Crippen molar-refractivity contribution < 1.29 is 28.6 Å². The van der Waals surface area contributed by atoms with E-state index in [9.17, 15) is 19.1 Å². The number of nitrogens with zero attached hydrogens (tertiary/aromatic N) is 1. The second-order valence-electron chi connectivity index (χ2n) is 7.34. The van der Waals surface area contributed by atoms with E-state index in [2.05, 4.69) is 0 Å². The summed E-state index contributed by atoms with van der Waals surface area (Å²) in [6.45, 7) is 0.744. The second kappa shape index (κ2) is 8.28. The number of aliphatic hydroxyl groups is 1. The first-order chi connectivity index (χ1) is 14.5. The van der Waals surface area contributed by atoms with Crippen molar-refractivity contribution in [1.29, 1.82) is 0 Å². The Morgan fingerprint density at radius 2 is 1.93 bits per heavy atom. The number of Topliss-reactive ketones (excluding diaryl/α,β-unsaturated/α-hetero) is 1. The summed E-state index contributed by atoms with van der Waals surface area (Å²) in [6.07, 6.45) is 1.40. The van der Waals surface area contributed by atoms with Gasteiger partial charge in [0, 0.05) is 24.3 Å². The number of carbonyl (C=O) groups is 2. The molecule has 0 bridgehead atoms. The summed E-state index contributed by atoms with van der Waals surface area (Å²) in [4.78, 5) is 27.1. The molecule has 1 amide bonds. The van der Waals surface area contributed by atoms with Crippen LogP contribution in [0, 0.1) is 5.82 Å². The molecule has 2 aromatic carbocycles. The van der Waals surface area contributed by atoms with Crippen LogP contribution in [0.5, 0.6) is 5.75 Å². The van der Waals surface area contributed by atoms with Crippen LogP contribution in [0.25, 0.3) is 5.76 Å². The maximum Gasteiger partial charge on any atom is 0.295 e. The first kappa shape index (κ1) is 20.1. The summed E-state index contributed by atoms with van der Waals surface area (Å²) in [6, 6.07) is 11.4. The number of methoxy groups -OCH3 is 1. The molecule has 6 nitrogen and oxygen atoms in total. The van der Waals surface area contributed by atoms with Crippen LogP contribution in [-0.2, 0) is 14.3 Å². The van der Waals surface area contributed by atoms with Gasteiger partial charge in [0.1, 0.15) is 17.3 Å². The standard InChI is InChI=1S/C23H22FNO5/c1-29-15-10-8-14(9-11-15)21(26)19-20(17-6-2-3-7-18(17)24)25(23(28)22(19)27)13-16-5-4-12-30-16/h2-3,6-11,16,20,26H,4-5,12-13H2,1H3/t16-,20+/m1/s1. The topological polar surface area (TPSA) is 76.1 Å². The Balaban J connectivity index is 1.82. The number of aliphatic hydroxyl groups excluding tert-OH is 1. The Bertz CT molecular complexity index is 995. The van der Waals surface area contributed by atoms with Gasteiger partial charge in [-0.15, -0.1) is 0 Å². The smallest absolute Gasteiger partial charge is 0.295 e. The van der Waals surface area contributed by atoms with Crippen LogP contribution < -0.4 is 4.74 Å². The van der Waals surface area contributed by atoms with Gasteiger partial charge in [-0.25, -0.2) is 4.39 Å². The number of halogens is 1. The molecular formula is C23H22FNO5. The number of likely N-dealkylation sites (tertiary alicyclic amines) is 1. The first-order valence-electron chi connectivity index (χ1n) is 9.80. The lowest BCUT2D eigenvalue weighted by Crippen LogP contribution is -2.36. The number of benzene rings is 2. The zero-order valence-electron chi connectivity index (χ0n) is 16.5. The van der Waals surface area contributed by atoms with Crippen LogP contribution in [-0.4, -0.2) is 48.1 Å². The van der Waals surface area contributed by atoms with Crippen LogP contribution >= 0.6 is 0 Å². The van der Waals surface area contributed by atoms with Gasteiger partial charge in [0.15, 0.2) is 0 Å². The lowest BCUT2D eigenvalue weighted by molar-refractivity contribution is -0.140. The van der Waals surface area contributed by atoms with Gasteiger partial charge in [-0.05, 0) is 43.2 Å². The molecule has 4 rings (SSSR count). The number of carbonyl (C=O) groups excluding carboxylic acids is 2. The lowest BCUT2D eigenvalue weighted by Gasteiger charge is -2.27. The van der Waals surface area contributed by atoms with Gasteiger partial charge in [-0.3, -0.25) is 9.59 Å². The van der Waals surface area contributed by atoms with Gasteiger partial charge in [-0.1, -0.05) is 18.2 Å². The van der Waals surface area contributed by atoms with E-state index in [4.69, 9.17) is 9.47 Å². The SMILES string of the molecule is COc1ccc(C(O)=C2C(=O)C(=O)N(C[C@H]3CCCO3)[C@H]2c2ccccc2F)cc1. The van der Waals surface area contributed by atoms with Crippen LogP contribution in [0.2, 0.25) is 0 Å². The summed E-state index contributed by atoms with van der Waals surface area (Å²) in [5.41, 5.74) is 0.366. The fraction of sp³-hybridized carbons (Fsp3) is 0.304. The van der Waals surface area contributed by atoms with E-state index in [1.165, 1.54) is 30.2 Å². The summed E-state index contributed by atoms with van der Waals surface area (Å²) in [5, 5.41) is 11.0. The zero-order chi connectivity index (χ0) is 21.3. The summed E-state index contributed by atoms with van der Waals surface area (Å²) in [7, 11) is 1.52. The summed E-state index contributed by atoms with van der Waals surface area (Å²) < 4.78 is 25.5. The minimum absolute atomic E-state index is 0.131. The average molecular weight is 411 g/mol. The van der Waals surface area contributed by atoms with E-state index < -0.39 is 23.5 Å². The number of rotatable bonds is 5. The minimum atomic E-state index is -1.03. The maximum atomic E-state index is 14.7. The maximum absolute atomic E-state index is 14.7. The molecule has 0 aliphatic carbocycles. The molecular weight excluding hydrogens is 389 g/mol.